The minimum atomic E-state index is -1.10. The zero-order valence-electron chi connectivity index (χ0n) is 18.4. The molecule has 0 spiro atoms. The predicted octanol–water partition coefficient (Wildman–Crippen LogP) is 1.93. The number of aromatic nitrogens is 3. The van der Waals surface area contributed by atoms with Crippen molar-refractivity contribution in [2.24, 2.45) is 0 Å². The van der Waals surface area contributed by atoms with Gasteiger partial charge in [0, 0.05) is 30.9 Å². The fourth-order valence-electron chi connectivity index (χ4n) is 4.94. The number of nitrogens with zero attached hydrogens (tertiary/aromatic N) is 4. The van der Waals surface area contributed by atoms with Crippen LogP contribution in [-0.2, 0) is 6.54 Å². The molecule has 0 bridgehead atoms. The van der Waals surface area contributed by atoms with Crippen molar-refractivity contribution < 1.29 is 14.3 Å². The summed E-state index contributed by atoms with van der Waals surface area (Å²) in [7, 11) is 0. The molecule has 0 atom stereocenters. The topological polar surface area (TPSA) is 92.4 Å². The van der Waals surface area contributed by atoms with Crippen LogP contribution in [0, 0.1) is 5.82 Å². The molecule has 4 heterocycles. The van der Waals surface area contributed by atoms with Crippen molar-refractivity contribution in [3.8, 4) is 0 Å². The molecule has 3 aromatic rings. The van der Waals surface area contributed by atoms with E-state index in [1.165, 1.54) is 35.2 Å². The Labute approximate surface area is 190 Å². The quantitative estimate of drug-likeness (QED) is 0.630. The van der Waals surface area contributed by atoms with Crippen LogP contribution < -0.4 is 10.9 Å². The molecule has 0 saturated carbocycles. The van der Waals surface area contributed by atoms with Gasteiger partial charge in [0.1, 0.15) is 17.8 Å². The van der Waals surface area contributed by atoms with Crippen LogP contribution in [0.15, 0.2) is 47.7 Å². The lowest BCUT2D eigenvalue weighted by Crippen LogP contribution is -2.49. The van der Waals surface area contributed by atoms with Crippen LogP contribution in [0.4, 0.5) is 4.39 Å². The molecule has 2 N–H and O–H groups in total. The van der Waals surface area contributed by atoms with Crippen LogP contribution in [0.1, 0.15) is 42.1 Å². The fraction of sp³-hybridized carbons (Fsp3) is 0.458. The van der Waals surface area contributed by atoms with E-state index in [0.717, 1.165) is 25.9 Å². The van der Waals surface area contributed by atoms with Gasteiger partial charge in [0.05, 0.1) is 17.5 Å². The van der Waals surface area contributed by atoms with Crippen LogP contribution >= 0.6 is 0 Å². The van der Waals surface area contributed by atoms with E-state index >= 15 is 0 Å². The fourth-order valence-corrected chi connectivity index (χ4v) is 4.94. The summed E-state index contributed by atoms with van der Waals surface area (Å²) in [5, 5.41) is 15.1. The van der Waals surface area contributed by atoms with Crippen LogP contribution in [0.2, 0.25) is 0 Å². The number of nitrogens with one attached hydrogen (secondary N) is 1. The van der Waals surface area contributed by atoms with Gasteiger partial charge in [0.2, 0.25) is 0 Å². The summed E-state index contributed by atoms with van der Waals surface area (Å²) in [6.45, 7) is 2.77. The Morgan fingerprint density at radius 2 is 1.85 bits per heavy atom. The molecule has 2 aliphatic rings. The van der Waals surface area contributed by atoms with E-state index in [0.29, 0.717) is 48.6 Å². The maximum Gasteiger partial charge on any atom is 0.262 e. The molecule has 8 nitrogen and oxygen atoms in total. The first-order valence-electron chi connectivity index (χ1n) is 11.5. The van der Waals surface area contributed by atoms with Crippen molar-refractivity contribution in [1.29, 1.82) is 0 Å². The summed E-state index contributed by atoms with van der Waals surface area (Å²) in [4.78, 5) is 32.0. The second kappa shape index (κ2) is 8.72. The molecule has 2 aliphatic heterocycles. The summed E-state index contributed by atoms with van der Waals surface area (Å²) in [6.07, 6.45) is 6.16. The number of piperidine rings is 2. The van der Waals surface area contributed by atoms with Gasteiger partial charge in [-0.05, 0) is 69.1 Å². The maximum absolute atomic E-state index is 13.1. The number of carbonyl (C=O) groups is 1. The number of halogens is 1. The van der Waals surface area contributed by atoms with Gasteiger partial charge in [-0.25, -0.2) is 9.37 Å². The average Bonchev–Trinajstić information content (AvgIpc) is 3.27. The average molecular weight is 454 g/mol. The highest BCUT2D eigenvalue weighted by molar-refractivity contribution is 5.94. The molecule has 2 fully saturated rings. The molecule has 0 radical (unpaired) electrons. The van der Waals surface area contributed by atoms with E-state index in [1.807, 2.05) is 12.3 Å². The van der Waals surface area contributed by atoms with Crippen molar-refractivity contribution >= 4 is 16.9 Å². The molecular formula is C24H28FN5O3. The molecule has 1 aromatic carbocycles. The Hall–Kier alpha value is -3.04. The van der Waals surface area contributed by atoms with E-state index in [2.05, 4.69) is 14.9 Å². The SMILES string of the molecule is O=C(c1ccc(F)cc1)N1CCC(O)(Cn2cnc3c(ccn3C3CCNCC3)c2=O)CC1. The standard InChI is InChI=1S/C24H28FN5O3/c25-18-3-1-17(2-4-18)22(31)28-13-8-24(33,9-14-28)15-29-16-27-21-20(23(29)32)7-12-30(21)19-5-10-26-11-6-19/h1-4,7,12,16,19,26,33H,5-6,8-11,13-15H2. The highest BCUT2D eigenvalue weighted by Gasteiger charge is 2.35. The molecule has 0 unspecified atom stereocenters. The van der Waals surface area contributed by atoms with E-state index < -0.39 is 5.60 Å². The van der Waals surface area contributed by atoms with Crippen LogP contribution in [0.25, 0.3) is 11.0 Å². The van der Waals surface area contributed by atoms with Gasteiger partial charge in [-0.2, -0.15) is 0 Å². The van der Waals surface area contributed by atoms with Crippen molar-refractivity contribution in [2.75, 3.05) is 26.2 Å². The van der Waals surface area contributed by atoms with Gasteiger partial charge in [0.25, 0.3) is 11.5 Å². The van der Waals surface area contributed by atoms with Gasteiger partial charge in [-0.1, -0.05) is 0 Å². The van der Waals surface area contributed by atoms with Gasteiger partial charge in [0.15, 0.2) is 0 Å². The Bertz CT molecular complexity index is 1210. The first kappa shape index (κ1) is 21.8. The third kappa shape index (κ3) is 4.30. The van der Waals surface area contributed by atoms with Gasteiger partial charge >= 0.3 is 0 Å². The summed E-state index contributed by atoms with van der Waals surface area (Å²) in [5.41, 5.74) is -0.150. The minimum absolute atomic E-state index is 0.131. The largest absolute Gasteiger partial charge is 0.388 e. The Morgan fingerprint density at radius 1 is 1.15 bits per heavy atom. The van der Waals surface area contributed by atoms with Crippen molar-refractivity contribution in [3.05, 3.63) is 64.6 Å². The van der Waals surface area contributed by atoms with Gasteiger partial charge < -0.3 is 19.9 Å². The number of carbonyl (C=O) groups excluding carboxylic acids is 1. The third-order valence-electron chi connectivity index (χ3n) is 6.94. The molecule has 2 saturated heterocycles. The molecule has 1 amide bonds. The molecule has 5 rings (SSSR count). The van der Waals surface area contributed by atoms with Crippen LogP contribution in [0.3, 0.4) is 0 Å². The van der Waals surface area contributed by atoms with Crippen LogP contribution in [-0.4, -0.2) is 61.8 Å². The molecule has 174 valence electrons. The predicted molar refractivity (Wildman–Crippen MR) is 122 cm³/mol. The van der Waals surface area contributed by atoms with Gasteiger partial charge in [-0.15, -0.1) is 0 Å². The van der Waals surface area contributed by atoms with Crippen LogP contribution in [0.5, 0.6) is 0 Å². The maximum atomic E-state index is 13.1. The zero-order chi connectivity index (χ0) is 23.0. The molecule has 2 aromatic heterocycles. The lowest BCUT2D eigenvalue weighted by Gasteiger charge is -2.38. The first-order chi connectivity index (χ1) is 15.9. The van der Waals surface area contributed by atoms with E-state index in [9.17, 15) is 19.1 Å². The molecule has 33 heavy (non-hydrogen) atoms. The summed E-state index contributed by atoms with van der Waals surface area (Å²) in [5.74, 6) is -0.571. The molecule has 0 aliphatic carbocycles. The Balaban J connectivity index is 1.28. The lowest BCUT2D eigenvalue weighted by atomic mass is 9.91. The number of hydrogen-bond acceptors (Lipinski definition) is 5. The Morgan fingerprint density at radius 3 is 2.55 bits per heavy atom. The number of fused-ring (bicyclic) bond motifs is 1. The van der Waals surface area contributed by atoms with Gasteiger partial charge in [-0.3, -0.25) is 14.2 Å². The zero-order valence-corrected chi connectivity index (χ0v) is 18.4. The second-order valence-corrected chi connectivity index (χ2v) is 9.14. The van der Waals surface area contributed by atoms with E-state index in [4.69, 9.17) is 0 Å². The lowest BCUT2D eigenvalue weighted by molar-refractivity contribution is -0.0299. The number of amides is 1. The molecule has 9 heteroatoms. The summed E-state index contributed by atoms with van der Waals surface area (Å²) < 4.78 is 16.7. The normalized spacial score (nSPS) is 19.2. The smallest absolute Gasteiger partial charge is 0.262 e. The minimum Gasteiger partial charge on any atom is -0.388 e. The van der Waals surface area contributed by atoms with E-state index in [1.54, 1.807) is 4.90 Å². The number of rotatable bonds is 4. The van der Waals surface area contributed by atoms with Crippen molar-refractivity contribution in [3.63, 3.8) is 0 Å². The van der Waals surface area contributed by atoms with E-state index in [-0.39, 0.29) is 23.8 Å². The number of benzene rings is 1. The number of aliphatic hydroxyl groups is 1. The first-order valence-corrected chi connectivity index (χ1v) is 11.5. The van der Waals surface area contributed by atoms with Crippen molar-refractivity contribution in [2.45, 2.75) is 43.9 Å². The number of hydrogen-bond donors (Lipinski definition) is 2. The summed E-state index contributed by atoms with van der Waals surface area (Å²) in [6, 6.07) is 7.61. The Kier molecular flexibility index (Phi) is 5.76. The number of likely N-dealkylation sites (tertiary alicyclic amines) is 1. The highest BCUT2D eigenvalue weighted by Crippen LogP contribution is 2.26. The molecular weight excluding hydrogens is 425 g/mol. The monoisotopic (exact) mass is 453 g/mol. The van der Waals surface area contributed by atoms with Crippen molar-refractivity contribution in [1.82, 2.24) is 24.3 Å². The highest BCUT2D eigenvalue weighted by atomic mass is 19.1. The third-order valence-corrected chi connectivity index (χ3v) is 6.94. The second-order valence-electron chi connectivity index (χ2n) is 9.14. The summed E-state index contributed by atoms with van der Waals surface area (Å²) >= 11 is 0.